The highest BCUT2D eigenvalue weighted by atomic mass is 19.1. The van der Waals surface area contributed by atoms with Crippen LogP contribution in [0, 0.1) is 5.82 Å². The number of fused-ring (bicyclic) bond motifs is 3. The normalized spacial score (nSPS) is 15.1. The second-order valence-electron chi connectivity index (χ2n) is 8.03. The Morgan fingerprint density at radius 1 is 1.12 bits per heavy atom. The molecular weight excluding hydrogens is 411 g/mol. The van der Waals surface area contributed by atoms with Crippen LogP contribution in [0.2, 0.25) is 0 Å². The van der Waals surface area contributed by atoms with Gasteiger partial charge in [-0.3, -0.25) is 4.79 Å². The molecule has 0 aliphatic heterocycles. The van der Waals surface area contributed by atoms with Crippen LogP contribution in [0.4, 0.5) is 4.39 Å². The summed E-state index contributed by atoms with van der Waals surface area (Å²) < 4.78 is 15.2. The Morgan fingerprint density at radius 2 is 1.88 bits per heavy atom. The van der Waals surface area contributed by atoms with E-state index in [0.717, 1.165) is 41.8 Å². The smallest absolute Gasteiger partial charge is 0.305 e. The number of carboxylic acid groups (broad SMARTS) is 1. The molecule has 2 aromatic carbocycles. The number of aliphatic hydroxyl groups is 2. The molecule has 0 spiro atoms. The van der Waals surface area contributed by atoms with E-state index in [1.54, 1.807) is 29.0 Å². The number of aromatic nitrogens is 2. The largest absolute Gasteiger partial charge is 0.481 e. The van der Waals surface area contributed by atoms with E-state index in [4.69, 9.17) is 10.2 Å². The molecule has 0 bridgehead atoms. The SMILES string of the molecule is O=C(O)C[C@H](O)C[C@H](O)/C=C/c1c2c(nn1-c1ccc(F)cc1)-c1ccccc1CCC2. The third kappa shape index (κ3) is 4.79. The molecule has 166 valence electrons. The summed E-state index contributed by atoms with van der Waals surface area (Å²) in [6, 6.07) is 14.2. The standard InChI is InChI=1S/C25H25FN2O4/c26-17-8-10-18(11-9-17)28-23(13-12-19(29)14-20(30)15-24(31)32)22-7-3-5-16-4-1-2-6-21(16)25(22)27-28/h1-2,4,6,8-13,19-20,29-30H,3,5,7,14-15H2,(H,31,32)/b13-12+/t19-,20-/m1/s1. The van der Waals surface area contributed by atoms with Crippen molar-refractivity contribution in [3.8, 4) is 16.9 Å². The van der Waals surface area contributed by atoms with Crippen LogP contribution in [0.1, 0.15) is 36.1 Å². The van der Waals surface area contributed by atoms with Crippen molar-refractivity contribution in [1.29, 1.82) is 0 Å². The molecule has 2 atom stereocenters. The molecule has 3 aromatic rings. The number of rotatable bonds is 7. The van der Waals surface area contributed by atoms with E-state index >= 15 is 0 Å². The zero-order valence-electron chi connectivity index (χ0n) is 17.5. The zero-order chi connectivity index (χ0) is 22.7. The number of aliphatic carboxylic acids is 1. The number of carbonyl (C=O) groups is 1. The fourth-order valence-corrected chi connectivity index (χ4v) is 4.15. The van der Waals surface area contributed by atoms with Gasteiger partial charge in [0.25, 0.3) is 0 Å². The summed E-state index contributed by atoms with van der Waals surface area (Å²) in [6.45, 7) is 0. The molecule has 0 amide bonds. The molecule has 0 fully saturated rings. The Balaban J connectivity index is 1.74. The van der Waals surface area contributed by atoms with Crippen LogP contribution in [0.25, 0.3) is 23.0 Å². The lowest BCUT2D eigenvalue weighted by Gasteiger charge is -2.11. The van der Waals surface area contributed by atoms with Gasteiger partial charge in [-0.05, 0) is 55.2 Å². The van der Waals surface area contributed by atoms with E-state index < -0.39 is 24.6 Å². The highest BCUT2D eigenvalue weighted by Gasteiger charge is 2.23. The van der Waals surface area contributed by atoms with Crippen LogP contribution in [0.3, 0.4) is 0 Å². The average Bonchev–Trinajstić information content (AvgIpc) is 3.00. The molecule has 1 heterocycles. The van der Waals surface area contributed by atoms with E-state index in [2.05, 4.69) is 6.07 Å². The number of hydrogen-bond donors (Lipinski definition) is 3. The van der Waals surface area contributed by atoms with Gasteiger partial charge in [0.1, 0.15) is 5.82 Å². The minimum atomic E-state index is -1.14. The van der Waals surface area contributed by atoms with E-state index in [-0.39, 0.29) is 12.2 Å². The number of carboxylic acids is 1. The summed E-state index contributed by atoms with van der Waals surface area (Å²) in [6.07, 6.45) is 3.30. The van der Waals surface area contributed by atoms with Gasteiger partial charge in [-0.2, -0.15) is 5.10 Å². The maximum absolute atomic E-state index is 13.5. The summed E-state index contributed by atoms with van der Waals surface area (Å²) in [7, 11) is 0. The summed E-state index contributed by atoms with van der Waals surface area (Å²) in [4.78, 5) is 10.8. The maximum atomic E-state index is 13.5. The van der Waals surface area contributed by atoms with Gasteiger partial charge in [0.05, 0.1) is 35.7 Å². The van der Waals surface area contributed by atoms with E-state index in [1.807, 2.05) is 18.2 Å². The average molecular weight is 436 g/mol. The second-order valence-corrected chi connectivity index (χ2v) is 8.03. The van der Waals surface area contributed by atoms with E-state index in [9.17, 15) is 19.4 Å². The first-order valence-electron chi connectivity index (χ1n) is 10.6. The van der Waals surface area contributed by atoms with E-state index in [1.165, 1.54) is 17.7 Å². The molecule has 1 aromatic heterocycles. The van der Waals surface area contributed by atoms with Gasteiger partial charge in [-0.15, -0.1) is 0 Å². The molecule has 0 saturated carbocycles. The third-order valence-electron chi connectivity index (χ3n) is 5.64. The van der Waals surface area contributed by atoms with Gasteiger partial charge in [0.15, 0.2) is 0 Å². The fourth-order valence-electron chi connectivity index (χ4n) is 4.15. The molecule has 4 rings (SSSR count). The summed E-state index contributed by atoms with van der Waals surface area (Å²) in [5.74, 6) is -1.46. The predicted octanol–water partition coefficient (Wildman–Crippen LogP) is 3.77. The molecule has 0 radical (unpaired) electrons. The Kier molecular flexibility index (Phi) is 6.48. The Morgan fingerprint density at radius 3 is 2.62 bits per heavy atom. The van der Waals surface area contributed by atoms with Crippen molar-refractivity contribution < 1.29 is 24.5 Å². The molecule has 1 aliphatic carbocycles. The third-order valence-corrected chi connectivity index (χ3v) is 5.64. The number of aryl methyl sites for hydroxylation is 1. The first kappa shape index (κ1) is 21.9. The van der Waals surface area contributed by atoms with Gasteiger partial charge in [0.2, 0.25) is 0 Å². The van der Waals surface area contributed by atoms with Crippen LogP contribution in [-0.2, 0) is 17.6 Å². The van der Waals surface area contributed by atoms with Crippen molar-refractivity contribution in [2.75, 3.05) is 0 Å². The lowest BCUT2D eigenvalue weighted by molar-refractivity contribution is -0.139. The first-order chi connectivity index (χ1) is 15.4. The highest BCUT2D eigenvalue weighted by molar-refractivity contribution is 5.73. The first-order valence-corrected chi connectivity index (χ1v) is 10.6. The maximum Gasteiger partial charge on any atom is 0.305 e. The van der Waals surface area contributed by atoms with E-state index in [0.29, 0.717) is 5.69 Å². The summed E-state index contributed by atoms with van der Waals surface area (Å²) in [5, 5.41) is 33.8. The molecule has 32 heavy (non-hydrogen) atoms. The number of aliphatic hydroxyl groups excluding tert-OH is 2. The van der Waals surface area contributed by atoms with Crippen LogP contribution in [-0.4, -0.2) is 43.3 Å². The summed E-state index contributed by atoms with van der Waals surface area (Å²) in [5.41, 5.74) is 5.65. The second kappa shape index (κ2) is 9.46. The van der Waals surface area contributed by atoms with Gasteiger partial charge in [-0.1, -0.05) is 30.3 Å². The minimum absolute atomic E-state index is 0.0848. The van der Waals surface area contributed by atoms with Crippen LogP contribution < -0.4 is 0 Å². The number of hydrogen-bond acceptors (Lipinski definition) is 4. The summed E-state index contributed by atoms with van der Waals surface area (Å²) >= 11 is 0. The number of halogens is 1. The van der Waals surface area contributed by atoms with Gasteiger partial charge in [-0.25, -0.2) is 9.07 Å². The molecule has 0 unspecified atom stereocenters. The van der Waals surface area contributed by atoms with Gasteiger partial charge in [0, 0.05) is 17.5 Å². The monoisotopic (exact) mass is 436 g/mol. The molecule has 3 N–H and O–H groups in total. The molecule has 6 nitrogen and oxygen atoms in total. The predicted molar refractivity (Wildman–Crippen MR) is 119 cm³/mol. The van der Waals surface area contributed by atoms with Crippen molar-refractivity contribution in [3.63, 3.8) is 0 Å². The quantitative estimate of drug-likeness (QED) is 0.524. The topological polar surface area (TPSA) is 95.6 Å². The van der Waals surface area contributed by atoms with Crippen molar-refractivity contribution in [3.05, 3.63) is 77.2 Å². The highest BCUT2D eigenvalue weighted by Crippen LogP contribution is 2.35. The molecular formula is C25H25FN2O4. The Bertz CT molecular complexity index is 1140. The molecule has 1 aliphatic rings. The Labute approximate surface area is 185 Å². The Hall–Kier alpha value is -3.29. The van der Waals surface area contributed by atoms with Crippen LogP contribution in [0.5, 0.6) is 0 Å². The molecule has 7 heteroatoms. The van der Waals surface area contributed by atoms with Gasteiger partial charge < -0.3 is 15.3 Å². The van der Waals surface area contributed by atoms with Crippen molar-refractivity contribution in [2.45, 2.75) is 44.3 Å². The van der Waals surface area contributed by atoms with Crippen molar-refractivity contribution in [1.82, 2.24) is 9.78 Å². The van der Waals surface area contributed by atoms with Crippen molar-refractivity contribution >= 4 is 12.0 Å². The zero-order valence-corrected chi connectivity index (χ0v) is 17.5. The minimum Gasteiger partial charge on any atom is -0.481 e. The van der Waals surface area contributed by atoms with Crippen LogP contribution in [0.15, 0.2) is 54.6 Å². The van der Waals surface area contributed by atoms with Crippen LogP contribution >= 0.6 is 0 Å². The molecule has 0 saturated heterocycles. The lowest BCUT2D eigenvalue weighted by Crippen LogP contribution is -2.19. The van der Waals surface area contributed by atoms with Crippen molar-refractivity contribution in [2.24, 2.45) is 0 Å². The van der Waals surface area contributed by atoms with Gasteiger partial charge >= 0.3 is 5.97 Å². The number of benzene rings is 2. The lowest BCUT2D eigenvalue weighted by atomic mass is 10.0. The fraction of sp³-hybridized carbons (Fsp3) is 0.280. The number of nitrogens with zero attached hydrogens (tertiary/aromatic N) is 2.